The standard InChI is InChI=1S/C14H24N2O4S/c1-3-15-10-13-6-7-14(20-13)21(17,18)16(2)8-9-19-11-12-4-5-12/h6-7,12,15H,3-5,8-11H2,1-2H3. The molecule has 0 radical (unpaired) electrons. The van der Waals surface area contributed by atoms with E-state index >= 15 is 0 Å². The molecule has 1 aliphatic rings. The summed E-state index contributed by atoms with van der Waals surface area (Å²) in [7, 11) is -2.03. The lowest BCUT2D eigenvalue weighted by Gasteiger charge is -2.15. The zero-order valence-electron chi connectivity index (χ0n) is 12.7. The van der Waals surface area contributed by atoms with Gasteiger partial charge in [-0.3, -0.25) is 0 Å². The molecule has 1 N–H and O–H groups in total. The van der Waals surface area contributed by atoms with Crippen LogP contribution in [-0.2, 0) is 21.3 Å². The summed E-state index contributed by atoms with van der Waals surface area (Å²) >= 11 is 0. The Morgan fingerprint density at radius 3 is 2.86 bits per heavy atom. The van der Waals surface area contributed by atoms with E-state index in [0.717, 1.165) is 13.2 Å². The molecule has 0 aromatic carbocycles. The first-order valence-electron chi connectivity index (χ1n) is 7.37. The maximum atomic E-state index is 12.3. The first-order chi connectivity index (χ1) is 10.0. The van der Waals surface area contributed by atoms with Crippen molar-refractivity contribution in [2.45, 2.75) is 31.4 Å². The summed E-state index contributed by atoms with van der Waals surface area (Å²) in [5.74, 6) is 1.31. The Morgan fingerprint density at radius 1 is 1.43 bits per heavy atom. The van der Waals surface area contributed by atoms with Crippen LogP contribution < -0.4 is 5.32 Å². The smallest absolute Gasteiger partial charge is 0.276 e. The number of nitrogens with one attached hydrogen (secondary N) is 1. The van der Waals surface area contributed by atoms with Crippen LogP contribution in [0.15, 0.2) is 21.6 Å². The number of nitrogens with zero attached hydrogens (tertiary/aromatic N) is 1. The zero-order chi connectivity index (χ0) is 15.3. The Hall–Kier alpha value is -0.890. The van der Waals surface area contributed by atoms with Crippen LogP contribution in [0.3, 0.4) is 0 Å². The monoisotopic (exact) mass is 316 g/mol. The summed E-state index contributed by atoms with van der Waals surface area (Å²) in [6.07, 6.45) is 2.46. The third-order valence-corrected chi connectivity index (χ3v) is 5.18. The van der Waals surface area contributed by atoms with Crippen LogP contribution in [0.5, 0.6) is 0 Å². The van der Waals surface area contributed by atoms with Crippen LogP contribution in [0.1, 0.15) is 25.5 Å². The van der Waals surface area contributed by atoms with Gasteiger partial charge in [0.05, 0.1) is 13.2 Å². The van der Waals surface area contributed by atoms with Gasteiger partial charge in [0, 0.05) is 20.2 Å². The fourth-order valence-electron chi connectivity index (χ4n) is 1.84. The number of ether oxygens (including phenoxy) is 1. The van der Waals surface area contributed by atoms with Gasteiger partial charge in [-0.1, -0.05) is 6.92 Å². The number of rotatable bonds is 10. The molecule has 0 bridgehead atoms. The Labute approximate surface area is 126 Å². The van der Waals surface area contributed by atoms with Crippen LogP contribution in [0.25, 0.3) is 0 Å². The second-order valence-corrected chi connectivity index (χ2v) is 7.32. The van der Waals surface area contributed by atoms with E-state index in [1.807, 2.05) is 6.92 Å². The molecule has 0 atom stereocenters. The van der Waals surface area contributed by atoms with Crippen molar-refractivity contribution in [3.63, 3.8) is 0 Å². The zero-order valence-corrected chi connectivity index (χ0v) is 13.5. The third kappa shape index (κ3) is 4.81. The van der Waals surface area contributed by atoms with Crippen molar-refractivity contribution >= 4 is 10.0 Å². The summed E-state index contributed by atoms with van der Waals surface area (Å²) in [5.41, 5.74) is 0. The number of hydrogen-bond acceptors (Lipinski definition) is 5. The molecule has 2 rings (SSSR count). The molecular weight excluding hydrogens is 292 g/mol. The molecule has 21 heavy (non-hydrogen) atoms. The molecule has 1 heterocycles. The van der Waals surface area contributed by atoms with Crippen molar-refractivity contribution < 1.29 is 17.6 Å². The second kappa shape index (κ2) is 7.40. The molecule has 6 nitrogen and oxygen atoms in total. The van der Waals surface area contributed by atoms with Gasteiger partial charge in [0.2, 0.25) is 5.09 Å². The van der Waals surface area contributed by atoms with E-state index in [0.29, 0.717) is 31.4 Å². The Balaban J connectivity index is 1.84. The van der Waals surface area contributed by atoms with Gasteiger partial charge in [-0.05, 0) is 37.4 Å². The second-order valence-electron chi connectivity index (χ2n) is 5.35. The maximum Gasteiger partial charge on any atom is 0.276 e. The third-order valence-electron chi connectivity index (χ3n) is 3.45. The molecule has 120 valence electrons. The van der Waals surface area contributed by atoms with E-state index in [1.165, 1.54) is 23.2 Å². The molecule has 1 fully saturated rings. The molecular formula is C14H24N2O4S. The highest BCUT2D eigenvalue weighted by Crippen LogP contribution is 2.28. The fourth-order valence-corrected chi connectivity index (χ4v) is 2.92. The molecule has 0 unspecified atom stereocenters. The molecule has 0 spiro atoms. The van der Waals surface area contributed by atoms with Crippen molar-refractivity contribution in [1.29, 1.82) is 0 Å². The van der Waals surface area contributed by atoms with E-state index in [-0.39, 0.29) is 5.09 Å². The van der Waals surface area contributed by atoms with Gasteiger partial charge in [0.25, 0.3) is 10.0 Å². The first kappa shape index (κ1) is 16.5. The lowest BCUT2D eigenvalue weighted by atomic mass is 10.4. The highest BCUT2D eigenvalue weighted by Gasteiger charge is 2.25. The summed E-state index contributed by atoms with van der Waals surface area (Å²) < 4.78 is 36.8. The number of sulfonamides is 1. The molecule has 0 amide bonds. The van der Waals surface area contributed by atoms with Gasteiger partial charge in [-0.2, -0.15) is 4.31 Å². The SMILES string of the molecule is CCNCc1ccc(S(=O)(=O)N(C)CCOCC2CC2)o1. The topological polar surface area (TPSA) is 71.8 Å². The Bertz CT molecular complexity index is 537. The largest absolute Gasteiger partial charge is 0.447 e. The fraction of sp³-hybridized carbons (Fsp3) is 0.714. The van der Waals surface area contributed by atoms with Crippen LogP contribution in [0.2, 0.25) is 0 Å². The maximum absolute atomic E-state index is 12.3. The number of furan rings is 1. The quantitative estimate of drug-likeness (QED) is 0.661. The lowest BCUT2D eigenvalue weighted by Crippen LogP contribution is -2.30. The molecule has 1 aliphatic carbocycles. The minimum absolute atomic E-state index is 0.0138. The molecule has 0 aliphatic heterocycles. The molecule has 1 saturated carbocycles. The van der Waals surface area contributed by atoms with Crippen molar-refractivity contribution in [2.75, 3.05) is 33.4 Å². The summed E-state index contributed by atoms with van der Waals surface area (Å²) in [6.45, 7) is 4.80. The number of likely N-dealkylation sites (N-methyl/N-ethyl adjacent to an activating group) is 1. The van der Waals surface area contributed by atoms with E-state index in [9.17, 15) is 8.42 Å². The van der Waals surface area contributed by atoms with Crippen molar-refractivity contribution in [2.24, 2.45) is 5.92 Å². The molecule has 7 heteroatoms. The van der Waals surface area contributed by atoms with Crippen molar-refractivity contribution in [3.05, 3.63) is 17.9 Å². The van der Waals surface area contributed by atoms with E-state index in [4.69, 9.17) is 9.15 Å². The van der Waals surface area contributed by atoms with Crippen LogP contribution in [-0.4, -0.2) is 46.1 Å². The average Bonchev–Trinajstić information content (AvgIpc) is 3.16. The Kier molecular flexibility index (Phi) is 5.80. The minimum atomic E-state index is -3.57. The van der Waals surface area contributed by atoms with Gasteiger partial charge in [0.1, 0.15) is 5.76 Å². The number of hydrogen-bond donors (Lipinski definition) is 1. The predicted octanol–water partition coefficient (Wildman–Crippen LogP) is 1.44. The average molecular weight is 316 g/mol. The van der Waals surface area contributed by atoms with E-state index in [2.05, 4.69) is 5.32 Å². The minimum Gasteiger partial charge on any atom is -0.447 e. The van der Waals surface area contributed by atoms with Crippen molar-refractivity contribution in [1.82, 2.24) is 9.62 Å². The first-order valence-corrected chi connectivity index (χ1v) is 8.81. The summed E-state index contributed by atoms with van der Waals surface area (Å²) in [5, 5.41) is 3.08. The van der Waals surface area contributed by atoms with Gasteiger partial charge in [-0.15, -0.1) is 0 Å². The Morgan fingerprint density at radius 2 is 2.19 bits per heavy atom. The van der Waals surface area contributed by atoms with Gasteiger partial charge in [-0.25, -0.2) is 8.42 Å². The van der Waals surface area contributed by atoms with Crippen LogP contribution in [0, 0.1) is 5.92 Å². The van der Waals surface area contributed by atoms with Gasteiger partial charge >= 0.3 is 0 Å². The lowest BCUT2D eigenvalue weighted by molar-refractivity contribution is 0.117. The molecule has 0 saturated heterocycles. The van der Waals surface area contributed by atoms with Crippen LogP contribution >= 0.6 is 0 Å². The van der Waals surface area contributed by atoms with Crippen molar-refractivity contribution in [3.8, 4) is 0 Å². The molecule has 1 aromatic heterocycles. The molecule has 1 aromatic rings. The van der Waals surface area contributed by atoms with E-state index < -0.39 is 10.0 Å². The van der Waals surface area contributed by atoms with Crippen LogP contribution in [0.4, 0.5) is 0 Å². The normalized spacial score (nSPS) is 15.8. The highest BCUT2D eigenvalue weighted by atomic mass is 32.2. The van der Waals surface area contributed by atoms with Gasteiger partial charge in [0.15, 0.2) is 0 Å². The highest BCUT2D eigenvalue weighted by molar-refractivity contribution is 7.89. The van der Waals surface area contributed by atoms with E-state index in [1.54, 1.807) is 13.1 Å². The summed E-state index contributed by atoms with van der Waals surface area (Å²) in [6, 6.07) is 3.19. The van der Waals surface area contributed by atoms with Gasteiger partial charge < -0.3 is 14.5 Å². The predicted molar refractivity (Wildman–Crippen MR) is 79.4 cm³/mol. The summed E-state index contributed by atoms with van der Waals surface area (Å²) in [4.78, 5) is 0.